The molecule has 0 radical (unpaired) electrons. The van der Waals surface area contributed by atoms with Crippen molar-refractivity contribution in [2.24, 2.45) is 11.1 Å². The second-order valence-corrected chi connectivity index (χ2v) is 7.68. The molecule has 1 aliphatic heterocycles. The molecule has 3 N–H and O–H groups in total. The molecule has 2 aliphatic rings. The molecule has 0 spiro atoms. The lowest BCUT2D eigenvalue weighted by Crippen LogP contribution is -2.38. The van der Waals surface area contributed by atoms with Crippen molar-refractivity contribution in [3.63, 3.8) is 0 Å². The Morgan fingerprint density at radius 3 is 2.27 bits per heavy atom. The zero-order valence-corrected chi connectivity index (χ0v) is 13.9. The van der Waals surface area contributed by atoms with Crippen LogP contribution in [0.5, 0.6) is 0 Å². The van der Waals surface area contributed by atoms with Crippen LogP contribution < -0.4 is 16.0 Å². The first kappa shape index (κ1) is 15.5. The number of hydrogen-bond acceptors (Lipinski definition) is 5. The average molecular weight is 303 g/mol. The van der Waals surface area contributed by atoms with Gasteiger partial charge in [-0.05, 0) is 43.9 Å². The summed E-state index contributed by atoms with van der Waals surface area (Å²) < 4.78 is 0. The topological polar surface area (TPSA) is 67.1 Å². The molecule has 0 aromatic carbocycles. The van der Waals surface area contributed by atoms with Crippen molar-refractivity contribution >= 4 is 11.6 Å². The molecule has 0 atom stereocenters. The minimum absolute atomic E-state index is 0.389. The number of piperidine rings is 1. The molecule has 2 fully saturated rings. The quantitative estimate of drug-likeness (QED) is 0.899. The standard InChI is InChI=1S/C17H29N5/c1-17(2)7-9-22(10-8-17)16-19-11-15(12-20-16)21-14-5-3-13(18)4-6-14/h11-14,21H,3-10,18H2,1-2H3. The Balaban J connectivity index is 1.54. The summed E-state index contributed by atoms with van der Waals surface area (Å²) in [7, 11) is 0. The molecule has 22 heavy (non-hydrogen) atoms. The van der Waals surface area contributed by atoms with Crippen LogP contribution in [0.1, 0.15) is 52.4 Å². The largest absolute Gasteiger partial charge is 0.380 e. The zero-order chi connectivity index (χ0) is 15.6. The first-order valence-electron chi connectivity index (χ1n) is 8.61. The summed E-state index contributed by atoms with van der Waals surface area (Å²) in [4.78, 5) is 11.4. The molecule has 5 nitrogen and oxygen atoms in total. The molecule has 0 bridgehead atoms. The lowest BCUT2D eigenvalue weighted by Gasteiger charge is -2.36. The maximum Gasteiger partial charge on any atom is 0.225 e. The molecule has 2 heterocycles. The van der Waals surface area contributed by atoms with E-state index in [4.69, 9.17) is 5.73 Å². The van der Waals surface area contributed by atoms with Gasteiger partial charge in [0.25, 0.3) is 0 Å². The Morgan fingerprint density at radius 1 is 1.09 bits per heavy atom. The summed E-state index contributed by atoms with van der Waals surface area (Å²) >= 11 is 0. The van der Waals surface area contributed by atoms with E-state index in [0.717, 1.165) is 50.4 Å². The third kappa shape index (κ3) is 3.88. The van der Waals surface area contributed by atoms with Gasteiger partial charge in [0.05, 0.1) is 18.1 Å². The van der Waals surface area contributed by atoms with Crippen molar-refractivity contribution in [2.45, 2.75) is 64.5 Å². The van der Waals surface area contributed by atoms with Gasteiger partial charge in [-0.3, -0.25) is 0 Å². The Kier molecular flexibility index (Phi) is 4.52. The number of nitrogens with zero attached hydrogens (tertiary/aromatic N) is 3. The molecule has 122 valence electrons. The number of aromatic nitrogens is 2. The van der Waals surface area contributed by atoms with Gasteiger partial charge in [-0.15, -0.1) is 0 Å². The van der Waals surface area contributed by atoms with Crippen molar-refractivity contribution in [3.05, 3.63) is 12.4 Å². The molecule has 3 rings (SSSR count). The highest BCUT2D eigenvalue weighted by molar-refractivity contribution is 5.43. The van der Waals surface area contributed by atoms with E-state index in [1.807, 2.05) is 12.4 Å². The first-order valence-corrected chi connectivity index (χ1v) is 8.61. The van der Waals surface area contributed by atoms with Crippen molar-refractivity contribution in [3.8, 4) is 0 Å². The van der Waals surface area contributed by atoms with Crippen LogP contribution in [-0.4, -0.2) is 35.1 Å². The van der Waals surface area contributed by atoms with E-state index in [0.29, 0.717) is 17.5 Å². The molecule has 0 amide bonds. The van der Waals surface area contributed by atoms with Crippen molar-refractivity contribution in [2.75, 3.05) is 23.3 Å². The molecule has 1 saturated carbocycles. The fraction of sp³-hybridized carbons (Fsp3) is 0.765. The van der Waals surface area contributed by atoms with Crippen LogP contribution in [0.3, 0.4) is 0 Å². The van der Waals surface area contributed by atoms with E-state index in [1.165, 1.54) is 12.8 Å². The van der Waals surface area contributed by atoms with Crippen molar-refractivity contribution in [1.29, 1.82) is 0 Å². The Morgan fingerprint density at radius 2 is 1.68 bits per heavy atom. The van der Waals surface area contributed by atoms with Crippen LogP contribution in [0.2, 0.25) is 0 Å². The van der Waals surface area contributed by atoms with Gasteiger partial charge in [0, 0.05) is 25.2 Å². The average Bonchev–Trinajstić information content (AvgIpc) is 2.51. The van der Waals surface area contributed by atoms with Gasteiger partial charge in [0.15, 0.2) is 0 Å². The minimum Gasteiger partial charge on any atom is -0.380 e. The normalized spacial score (nSPS) is 28.4. The van der Waals surface area contributed by atoms with Crippen LogP contribution in [-0.2, 0) is 0 Å². The summed E-state index contributed by atoms with van der Waals surface area (Å²) in [5, 5.41) is 3.55. The molecule has 1 aliphatic carbocycles. The summed E-state index contributed by atoms with van der Waals surface area (Å²) in [5.74, 6) is 0.867. The summed E-state index contributed by atoms with van der Waals surface area (Å²) in [6.07, 6.45) is 10.8. The van der Waals surface area contributed by atoms with E-state index in [2.05, 4.69) is 34.0 Å². The van der Waals surface area contributed by atoms with Crippen LogP contribution in [0.25, 0.3) is 0 Å². The Bertz CT molecular complexity index is 466. The summed E-state index contributed by atoms with van der Waals surface area (Å²) in [6.45, 7) is 6.79. The van der Waals surface area contributed by atoms with Gasteiger partial charge in [-0.25, -0.2) is 9.97 Å². The van der Waals surface area contributed by atoms with Crippen LogP contribution in [0, 0.1) is 5.41 Å². The molecule has 1 saturated heterocycles. The van der Waals surface area contributed by atoms with E-state index in [-0.39, 0.29) is 0 Å². The lowest BCUT2D eigenvalue weighted by atomic mass is 9.83. The van der Waals surface area contributed by atoms with Gasteiger partial charge >= 0.3 is 0 Å². The highest BCUT2D eigenvalue weighted by atomic mass is 15.3. The smallest absolute Gasteiger partial charge is 0.225 e. The predicted octanol–water partition coefficient (Wildman–Crippen LogP) is 2.78. The van der Waals surface area contributed by atoms with E-state index in [1.54, 1.807) is 0 Å². The fourth-order valence-electron chi connectivity index (χ4n) is 3.37. The maximum absolute atomic E-state index is 5.95. The van der Waals surface area contributed by atoms with Crippen molar-refractivity contribution < 1.29 is 0 Å². The van der Waals surface area contributed by atoms with Crippen molar-refractivity contribution in [1.82, 2.24) is 9.97 Å². The van der Waals surface area contributed by atoms with Gasteiger partial charge in [0.1, 0.15) is 0 Å². The summed E-state index contributed by atoms with van der Waals surface area (Å²) in [5.41, 5.74) is 7.44. The maximum atomic E-state index is 5.95. The minimum atomic E-state index is 0.389. The van der Waals surface area contributed by atoms with Gasteiger partial charge in [0.2, 0.25) is 5.95 Å². The monoisotopic (exact) mass is 303 g/mol. The van der Waals surface area contributed by atoms with E-state index in [9.17, 15) is 0 Å². The number of hydrogen-bond donors (Lipinski definition) is 2. The fourth-order valence-corrected chi connectivity index (χ4v) is 3.37. The Labute approximate surface area is 133 Å². The molecule has 1 aromatic heterocycles. The zero-order valence-electron chi connectivity index (χ0n) is 13.9. The first-order chi connectivity index (χ1) is 10.5. The summed E-state index contributed by atoms with van der Waals surface area (Å²) in [6, 6.07) is 0.907. The SMILES string of the molecule is CC1(C)CCN(c2ncc(NC3CCC(N)CC3)cn2)CC1. The van der Waals surface area contributed by atoms with E-state index < -0.39 is 0 Å². The second-order valence-electron chi connectivity index (χ2n) is 7.68. The third-order valence-electron chi connectivity index (χ3n) is 5.18. The molecule has 1 aromatic rings. The Hall–Kier alpha value is -1.36. The molecule has 5 heteroatoms. The molecular formula is C17H29N5. The highest BCUT2D eigenvalue weighted by Crippen LogP contribution is 2.31. The molecular weight excluding hydrogens is 274 g/mol. The van der Waals surface area contributed by atoms with Crippen LogP contribution >= 0.6 is 0 Å². The lowest BCUT2D eigenvalue weighted by molar-refractivity contribution is 0.278. The van der Waals surface area contributed by atoms with E-state index >= 15 is 0 Å². The number of nitrogens with two attached hydrogens (primary N) is 1. The number of rotatable bonds is 3. The van der Waals surface area contributed by atoms with Gasteiger partial charge < -0.3 is 16.0 Å². The third-order valence-corrected chi connectivity index (χ3v) is 5.18. The van der Waals surface area contributed by atoms with Crippen LogP contribution in [0.15, 0.2) is 12.4 Å². The number of nitrogens with one attached hydrogen (secondary N) is 1. The van der Waals surface area contributed by atoms with Gasteiger partial charge in [-0.2, -0.15) is 0 Å². The second kappa shape index (κ2) is 6.41. The highest BCUT2D eigenvalue weighted by Gasteiger charge is 2.26. The van der Waals surface area contributed by atoms with Crippen LogP contribution in [0.4, 0.5) is 11.6 Å². The molecule has 0 unspecified atom stereocenters. The predicted molar refractivity (Wildman–Crippen MR) is 91.1 cm³/mol. The number of anilines is 2. The van der Waals surface area contributed by atoms with Gasteiger partial charge in [-0.1, -0.05) is 13.8 Å².